The SMILES string of the molecule is Cc1cc(C=O)c2c(N)csc2c1. The van der Waals surface area contributed by atoms with E-state index in [4.69, 9.17) is 5.73 Å². The van der Waals surface area contributed by atoms with E-state index >= 15 is 0 Å². The molecule has 1 aromatic carbocycles. The molecule has 13 heavy (non-hydrogen) atoms. The Labute approximate surface area is 80.0 Å². The number of nitrogens with two attached hydrogens (primary N) is 1. The van der Waals surface area contributed by atoms with Crippen LogP contribution in [0.5, 0.6) is 0 Å². The van der Waals surface area contributed by atoms with Crippen molar-refractivity contribution in [2.45, 2.75) is 6.92 Å². The molecule has 0 radical (unpaired) electrons. The summed E-state index contributed by atoms with van der Waals surface area (Å²) in [5, 5.41) is 2.77. The summed E-state index contributed by atoms with van der Waals surface area (Å²) in [6.45, 7) is 1.97. The number of anilines is 1. The van der Waals surface area contributed by atoms with E-state index in [1.165, 1.54) is 0 Å². The Kier molecular flexibility index (Phi) is 1.81. The van der Waals surface area contributed by atoms with Crippen LogP contribution in [0.3, 0.4) is 0 Å². The van der Waals surface area contributed by atoms with Crippen LogP contribution in [0, 0.1) is 6.92 Å². The van der Waals surface area contributed by atoms with Gasteiger partial charge in [-0.25, -0.2) is 0 Å². The minimum absolute atomic E-state index is 0.689. The Morgan fingerprint density at radius 3 is 2.92 bits per heavy atom. The van der Waals surface area contributed by atoms with Gasteiger partial charge in [-0.2, -0.15) is 0 Å². The molecule has 3 heteroatoms. The fourth-order valence-corrected chi connectivity index (χ4v) is 2.44. The summed E-state index contributed by atoms with van der Waals surface area (Å²) < 4.78 is 1.08. The van der Waals surface area contributed by atoms with Crippen LogP contribution in [-0.4, -0.2) is 6.29 Å². The predicted octanol–water partition coefficient (Wildman–Crippen LogP) is 2.60. The largest absolute Gasteiger partial charge is 0.398 e. The van der Waals surface area contributed by atoms with E-state index in [0.717, 1.165) is 21.9 Å². The zero-order chi connectivity index (χ0) is 9.42. The number of carbonyl (C=O) groups is 1. The lowest BCUT2D eigenvalue weighted by molar-refractivity contribution is 0.112. The quantitative estimate of drug-likeness (QED) is 0.704. The number of rotatable bonds is 1. The molecule has 0 unspecified atom stereocenters. The van der Waals surface area contributed by atoms with Crippen molar-refractivity contribution in [3.8, 4) is 0 Å². The van der Waals surface area contributed by atoms with E-state index in [0.29, 0.717) is 11.3 Å². The van der Waals surface area contributed by atoms with Crippen LogP contribution in [0.4, 0.5) is 5.69 Å². The number of benzene rings is 1. The molecule has 66 valence electrons. The molecular weight excluding hydrogens is 182 g/mol. The third kappa shape index (κ3) is 1.21. The highest BCUT2D eigenvalue weighted by molar-refractivity contribution is 7.17. The average molecular weight is 191 g/mol. The van der Waals surface area contributed by atoms with Gasteiger partial charge in [0, 0.05) is 21.0 Å². The van der Waals surface area contributed by atoms with Crippen LogP contribution >= 0.6 is 11.3 Å². The number of thiophene rings is 1. The Morgan fingerprint density at radius 2 is 2.23 bits per heavy atom. The number of hydrogen-bond acceptors (Lipinski definition) is 3. The second kappa shape index (κ2) is 2.85. The summed E-state index contributed by atoms with van der Waals surface area (Å²) in [4.78, 5) is 10.8. The summed E-state index contributed by atoms with van der Waals surface area (Å²) in [7, 11) is 0. The first-order chi connectivity index (χ1) is 6.22. The van der Waals surface area contributed by atoms with Gasteiger partial charge in [0.1, 0.15) is 0 Å². The predicted molar refractivity (Wildman–Crippen MR) is 56.4 cm³/mol. The van der Waals surface area contributed by atoms with Crippen LogP contribution in [0.25, 0.3) is 10.1 Å². The fraction of sp³-hybridized carbons (Fsp3) is 0.100. The number of aldehydes is 1. The van der Waals surface area contributed by atoms with Gasteiger partial charge in [0.25, 0.3) is 0 Å². The number of nitrogen functional groups attached to an aromatic ring is 1. The number of hydrogen-bond donors (Lipinski definition) is 1. The minimum Gasteiger partial charge on any atom is -0.398 e. The van der Waals surface area contributed by atoms with E-state index < -0.39 is 0 Å². The van der Waals surface area contributed by atoms with Crippen molar-refractivity contribution in [3.05, 3.63) is 28.6 Å². The maximum Gasteiger partial charge on any atom is 0.150 e. The van der Waals surface area contributed by atoms with Crippen molar-refractivity contribution in [2.75, 3.05) is 5.73 Å². The number of fused-ring (bicyclic) bond motifs is 1. The Balaban J connectivity index is 2.92. The molecular formula is C10H9NOS. The highest BCUT2D eigenvalue weighted by Gasteiger charge is 2.06. The van der Waals surface area contributed by atoms with Gasteiger partial charge >= 0.3 is 0 Å². The third-order valence-electron chi connectivity index (χ3n) is 2.01. The summed E-state index contributed by atoms with van der Waals surface area (Å²) in [6.07, 6.45) is 0.860. The zero-order valence-corrected chi connectivity index (χ0v) is 8.02. The molecule has 0 saturated carbocycles. The van der Waals surface area contributed by atoms with Crippen LogP contribution in [0.1, 0.15) is 15.9 Å². The summed E-state index contributed by atoms with van der Waals surface area (Å²) in [6, 6.07) is 3.90. The standard InChI is InChI=1S/C10H9NOS/c1-6-2-7(4-12)10-8(11)5-13-9(10)3-6/h2-5H,11H2,1H3. The van der Waals surface area contributed by atoms with Crippen molar-refractivity contribution < 1.29 is 4.79 Å². The maximum atomic E-state index is 10.8. The third-order valence-corrected chi connectivity index (χ3v) is 2.95. The highest BCUT2D eigenvalue weighted by Crippen LogP contribution is 2.31. The zero-order valence-electron chi connectivity index (χ0n) is 7.20. The maximum absolute atomic E-state index is 10.8. The first-order valence-electron chi connectivity index (χ1n) is 3.95. The lowest BCUT2D eigenvalue weighted by atomic mass is 10.1. The molecule has 2 N–H and O–H groups in total. The highest BCUT2D eigenvalue weighted by atomic mass is 32.1. The van der Waals surface area contributed by atoms with Crippen molar-refractivity contribution >= 4 is 33.4 Å². The Hall–Kier alpha value is -1.35. The van der Waals surface area contributed by atoms with E-state index in [9.17, 15) is 4.79 Å². The van der Waals surface area contributed by atoms with Crippen LogP contribution in [-0.2, 0) is 0 Å². The van der Waals surface area contributed by atoms with Crippen LogP contribution < -0.4 is 5.73 Å². The monoisotopic (exact) mass is 191 g/mol. The first-order valence-corrected chi connectivity index (χ1v) is 4.83. The van der Waals surface area contributed by atoms with Gasteiger partial charge in [-0.3, -0.25) is 4.79 Å². The average Bonchev–Trinajstić information content (AvgIpc) is 2.46. The summed E-state index contributed by atoms with van der Waals surface area (Å²) >= 11 is 1.57. The van der Waals surface area contributed by atoms with Gasteiger partial charge in [0.05, 0.1) is 5.69 Å². The van der Waals surface area contributed by atoms with Gasteiger partial charge in [0.15, 0.2) is 6.29 Å². The van der Waals surface area contributed by atoms with Crippen LogP contribution in [0.15, 0.2) is 17.5 Å². The second-order valence-electron chi connectivity index (χ2n) is 3.04. The lowest BCUT2D eigenvalue weighted by Gasteiger charge is -1.98. The minimum atomic E-state index is 0.689. The van der Waals surface area contributed by atoms with Gasteiger partial charge in [0.2, 0.25) is 0 Å². The lowest BCUT2D eigenvalue weighted by Crippen LogP contribution is -1.87. The molecule has 0 aliphatic rings. The van der Waals surface area contributed by atoms with Crippen molar-refractivity contribution in [1.82, 2.24) is 0 Å². The van der Waals surface area contributed by atoms with E-state index in [2.05, 4.69) is 0 Å². The molecule has 2 aromatic rings. The molecule has 0 amide bonds. The molecule has 0 saturated heterocycles. The molecule has 2 rings (SSSR count). The fourth-order valence-electron chi connectivity index (χ4n) is 1.46. The smallest absolute Gasteiger partial charge is 0.150 e. The molecule has 0 spiro atoms. The molecule has 0 atom stereocenters. The van der Waals surface area contributed by atoms with E-state index in [1.54, 1.807) is 11.3 Å². The Bertz CT molecular complexity index is 473. The van der Waals surface area contributed by atoms with Gasteiger partial charge < -0.3 is 5.73 Å². The van der Waals surface area contributed by atoms with Crippen molar-refractivity contribution in [1.29, 1.82) is 0 Å². The topological polar surface area (TPSA) is 43.1 Å². The molecule has 0 fully saturated rings. The molecule has 1 heterocycles. The van der Waals surface area contributed by atoms with E-state index in [-0.39, 0.29) is 0 Å². The normalized spacial score (nSPS) is 10.5. The summed E-state index contributed by atoms with van der Waals surface area (Å²) in [5.74, 6) is 0. The van der Waals surface area contributed by atoms with Gasteiger partial charge in [-0.05, 0) is 24.6 Å². The summed E-state index contributed by atoms with van der Waals surface area (Å²) in [5.41, 5.74) is 8.23. The number of carbonyl (C=O) groups excluding carboxylic acids is 1. The molecule has 0 aliphatic heterocycles. The molecule has 0 bridgehead atoms. The molecule has 1 aromatic heterocycles. The second-order valence-corrected chi connectivity index (χ2v) is 3.95. The first kappa shape index (κ1) is 8.26. The van der Waals surface area contributed by atoms with Gasteiger partial charge in [-0.1, -0.05) is 0 Å². The van der Waals surface area contributed by atoms with Crippen molar-refractivity contribution in [2.24, 2.45) is 0 Å². The van der Waals surface area contributed by atoms with Crippen molar-refractivity contribution in [3.63, 3.8) is 0 Å². The van der Waals surface area contributed by atoms with Crippen LogP contribution in [0.2, 0.25) is 0 Å². The number of aryl methyl sites for hydroxylation is 1. The van der Waals surface area contributed by atoms with Gasteiger partial charge in [-0.15, -0.1) is 11.3 Å². The van der Waals surface area contributed by atoms with E-state index in [1.807, 2.05) is 24.4 Å². The molecule has 2 nitrogen and oxygen atoms in total. The Morgan fingerprint density at radius 1 is 1.46 bits per heavy atom. The molecule has 0 aliphatic carbocycles.